The molecule has 218 valence electrons. The van der Waals surface area contributed by atoms with Gasteiger partial charge in [-0.05, 0) is 102 Å². The first kappa shape index (κ1) is 28.8. The van der Waals surface area contributed by atoms with Gasteiger partial charge in [-0.25, -0.2) is 4.39 Å². The summed E-state index contributed by atoms with van der Waals surface area (Å²) in [6.07, 6.45) is 0. The van der Waals surface area contributed by atoms with E-state index in [-0.39, 0.29) is 17.3 Å². The summed E-state index contributed by atoms with van der Waals surface area (Å²) >= 11 is 6.43. The number of nitrogens with zero attached hydrogens (tertiary/aromatic N) is 1. The van der Waals surface area contributed by atoms with Gasteiger partial charge in [0.1, 0.15) is 11.4 Å². The monoisotopic (exact) mass is 588 g/mol. The van der Waals surface area contributed by atoms with Gasteiger partial charge in [-0.3, -0.25) is 4.79 Å². The Hall–Kier alpha value is -3.33. The molecule has 0 radical (unpaired) electrons. The van der Waals surface area contributed by atoms with Crippen LogP contribution in [0.2, 0.25) is 5.02 Å². The zero-order chi connectivity index (χ0) is 30.1. The van der Waals surface area contributed by atoms with Crippen LogP contribution >= 0.6 is 11.6 Å². The summed E-state index contributed by atoms with van der Waals surface area (Å²) in [6.45, 7) is 14.9. The molecule has 4 aromatic rings. The van der Waals surface area contributed by atoms with E-state index in [1.165, 1.54) is 6.07 Å². The molecular formula is C33H35BClFN2O4. The van der Waals surface area contributed by atoms with Crippen LogP contribution in [0.1, 0.15) is 68.5 Å². The first-order chi connectivity index (χ1) is 19.7. The van der Waals surface area contributed by atoms with E-state index in [2.05, 4.69) is 5.32 Å². The van der Waals surface area contributed by atoms with Crippen molar-refractivity contribution >= 4 is 46.7 Å². The van der Waals surface area contributed by atoms with Crippen LogP contribution in [0.4, 0.5) is 16.0 Å². The Balaban J connectivity index is 1.39. The van der Waals surface area contributed by atoms with Gasteiger partial charge in [0.2, 0.25) is 5.88 Å². The highest BCUT2D eigenvalue weighted by molar-refractivity contribution is 6.64. The molecule has 0 spiro atoms. The maximum absolute atomic E-state index is 13.9. The molecule has 0 aliphatic carbocycles. The lowest BCUT2D eigenvalue weighted by atomic mass is 9.77. The van der Waals surface area contributed by atoms with Gasteiger partial charge >= 0.3 is 7.12 Å². The molecule has 42 heavy (non-hydrogen) atoms. The second-order valence-electron chi connectivity index (χ2n) is 12.5. The molecule has 3 heterocycles. The fourth-order valence-electron chi connectivity index (χ4n) is 5.83. The lowest BCUT2D eigenvalue weighted by Crippen LogP contribution is -2.41. The quantitative estimate of drug-likeness (QED) is 0.249. The molecule has 6 nitrogen and oxygen atoms in total. The minimum absolute atomic E-state index is 0.0741. The smallest absolute Gasteiger partial charge is 0.440 e. The van der Waals surface area contributed by atoms with Crippen LogP contribution in [-0.4, -0.2) is 18.3 Å². The molecule has 1 unspecified atom stereocenters. The summed E-state index contributed by atoms with van der Waals surface area (Å²) in [7, 11) is -0.605. The third-order valence-corrected chi connectivity index (χ3v) is 9.14. The Morgan fingerprint density at radius 3 is 2.38 bits per heavy atom. The maximum atomic E-state index is 13.9. The third kappa shape index (κ3) is 4.89. The van der Waals surface area contributed by atoms with Crippen LogP contribution in [0.5, 0.6) is 0 Å². The van der Waals surface area contributed by atoms with Gasteiger partial charge in [0.25, 0.3) is 0 Å². The average molecular weight is 589 g/mol. The highest BCUT2D eigenvalue weighted by Crippen LogP contribution is 2.38. The topological polar surface area (TPSA) is 63.9 Å². The maximum Gasteiger partial charge on any atom is 0.497 e. The lowest BCUT2D eigenvalue weighted by molar-refractivity contribution is 0.00578. The molecule has 6 rings (SSSR count). The minimum Gasteiger partial charge on any atom is -0.440 e. The fraction of sp³-hybridized carbons (Fsp3) is 0.364. The molecule has 1 saturated heterocycles. The van der Waals surface area contributed by atoms with Crippen LogP contribution in [0.15, 0.2) is 57.7 Å². The molecule has 1 N–H and O–H groups in total. The number of hydrogen-bond acceptors (Lipinski definition) is 6. The van der Waals surface area contributed by atoms with Crippen molar-refractivity contribution in [1.82, 2.24) is 0 Å². The third-order valence-electron chi connectivity index (χ3n) is 8.90. The molecular weight excluding hydrogens is 554 g/mol. The number of fused-ring (bicyclic) bond motifs is 2. The van der Waals surface area contributed by atoms with Crippen molar-refractivity contribution in [2.75, 3.05) is 10.2 Å². The minimum atomic E-state index is -0.605. The zero-order valence-corrected chi connectivity index (χ0v) is 25.8. The molecule has 2 aliphatic heterocycles. The Morgan fingerprint density at radius 2 is 1.67 bits per heavy atom. The molecule has 0 bridgehead atoms. The summed E-state index contributed by atoms with van der Waals surface area (Å²) < 4.78 is 33.2. The van der Waals surface area contributed by atoms with Crippen molar-refractivity contribution in [3.63, 3.8) is 0 Å². The highest BCUT2D eigenvalue weighted by atomic mass is 35.5. The number of nitrogens with one attached hydrogen (secondary N) is 1. The summed E-state index contributed by atoms with van der Waals surface area (Å²) in [5.74, 6) is 0.234. The predicted molar refractivity (Wildman–Crippen MR) is 167 cm³/mol. The summed E-state index contributed by atoms with van der Waals surface area (Å²) in [6, 6.07) is 14.1. The summed E-state index contributed by atoms with van der Waals surface area (Å²) in [5.41, 5.74) is 5.31. The lowest BCUT2D eigenvalue weighted by Gasteiger charge is -2.32. The van der Waals surface area contributed by atoms with Crippen LogP contribution in [0.25, 0.3) is 11.0 Å². The summed E-state index contributed by atoms with van der Waals surface area (Å²) in [5, 5.41) is 4.72. The molecule has 2 aliphatic rings. The second kappa shape index (κ2) is 10.1. The molecule has 9 heteroatoms. The first-order valence-electron chi connectivity index (χ1n) is 14.3. The summed E-state index contributed by atoms with van der Waals surface area (Å²) in [4.78, 5) is 15.7. The van der Waals surface area contributed by atoms with Crippen molar-refractivity contribution in [3.05, 3.63) is 97.4 Å². The Kier molecular flexibility index (Phi) is 6.95. The number of anilines is 2. The van der Waals surface area contributed by atoms with Crippen molar-refractivity contribution in [1.29, 1.82) is 0 Å². The van der Waals surface area contributed by atoms with Crippen LogP contribution in [-0.2, 0) is 22.4 Å². The number of aryl methyl sites for hydroxylation is 1. The van der Waals surface area contributed by atoms with Gasteiger partial charge in [0, 0.05) is 34.8 Å². The van der Waals surface area contributed by atoms with Crippen molar-refractivity contribution in [2.24, 2.45) is 0 Å². The average Bonchev–Trinajstić information content (AvgIpc) is 3.42. The molecule has 1 aromatic heterocycles. The van der Waals surface area contributed by atoms with Gasteiger partial charge < -0.3 is 23.9 Å². The van der Waals surface area contributed by atoms with E-state index < -0.39 is 18.3 Å². The van der Waals surface area contributed by atoms with E-state index in [1.54, 1.807) is 19.1 Å². The highest BCUT2D eigenvalue weighted by Gasteiger charge is 2.52. The van der Waals surface area contributed by atoms with Gasteiger partial charge in [0.05, 0.1) is 28.2 Å². The molecule has 1 atom stereocenters. The zero-order valence-electron chi connectivity index (χ0n) is 25.0. The molecule has 0 saturated carbocycles. The van der Waals surface area contributed by atoms with E-state index in [9.17, 15) is 9.18 Å². The van der Waals surface area contributed by atoms with E-state index >= 15 is 0 Å². The van der Waals surface area contributed by atoms with Gasteiger partial charge in [-0.1, -0.05) is 23.7 Å². The number of benzene rings is 3. The van der Waals surface area contributed by atoms with Crippen LogP contribution in [0, 0.1) is 19.7 Å². The first-order valence-corrected chi connectivity index (χ1v) is 14.6. The van der Waals surface area contributed by atoms with Gasteiger partial charge in [-0.15, -0.1) is 0 Å². The van der Waals surface area contributed by atoms with Gasteiger partial charge in [0.15, 0.2) is 5.43 Å². The largest absolute Gasteiger partial charge is 0.497 e. The standard InChI is InChI=1S/C33H35BClFN2O4/c1-18-12-25(20(3)37-28-11-9-23(35)15-27(28)34-41-32(4,5)33(6,7)42-34)30-26(13-18)29(39)19(2)31(40-30)38-16-21-8-10-24(36)14-22(21)17-38/h8-15,20,37H,16-17H2,1-7H3. The van der Waals surface area contributed by atoms with Gasteiger partial charge in [-0.2, -0.15) is 0 Å². The number of rotatable bonds is 5. The SMILES string of the molecule is Cc1cc(C(C)Nc2ccc(Cl)cc2B2OC(C)(C)C(C)(C)O2)c2oc(N3Cc4ccc(F)cc4C3)c(C)c(=O)c2c1. The van der Waals surface area contributed by atoms with E-state index in [0.29, 0.717) is 40.5 Å². The van der Waals surface area contributed by atoms with Crippen LogP contribution < -0.4 is 21.1 Å². The second-order valence-corrected chi connectivity index (χ2v) is 13.0. The van der Waals surface area contributed by atoms with Crippen LogP contribution in [0.3, 0.4) is 0 Å². The molecule has 0 amide bonds. The Bertz CT molecular complexity index is 1770. The van der Waals surface area contributed by atoms with Crippen molar-refractivity contribution < 1.29 is 18.1 Å². The molecule has 3 aromatic carbocycles. The normalized spacial score (nSPS) is 18.0. The number of halogens is 2. The fourth-order valence-corrected chi connectivity index (χ4v) is 6.01. The van der Waals surface area contributed by atoms with E-state index in [0.717, 1.165) is 33.4 Å². The van der Waals surface area contributed by atoms with Crippen molar-refractivity contribution in [2.45, 2.75) is 78.8 Å². The Labute approximate surface area is 250 Å². The predicted octanol–water partition coefficient (Wildman–Crippen LogP) is 7.19. The Morgan fingerprint density at radius 1 is 0.976 bits per heavy atom. The molecule has 1 fully saturated rings. The van der Waals surface area contributed by atoms with E-state index in [4.69, 9.17) is 25.3 Å². The van der Waals surface area contributed by atoms with Crippen molar-refractivity contribution in [3.8, 4) is 0 Å². The van der Waals surface area contributed by atoms with E-state index in [1.807, 2.05) is 76.8 Å². The number of hydrogen-bond donors (Lipinski definition) is 1.